The molecule has 0 spiro atoms. The average Bonchev–Trinajstić information content (AvgIpc) is 2.76. The molecule has 2 aromatic carbocycles. The maximum atomic E-state index is 11.6. The minimum Gasteiger partial charge on any atom is -0.478 e. The van der Waals surface area contributed by atoms with Crippen molar-refractivity contribution in [2.45, 2.75) is 46.6 Å². The number of aromatic carboxylic acids is 1. The smallest absolute Gasteiger partial charge is 0.337 e. The van der Waals surface area contributed by atoms with Crippen molar-refractivity contribution in [2.24, 2.45) is 5.73 Å². The molecule has 0 radical (unpaired) electrons. The first-order valence-electron chi connectivity index (χ1n) is 10.6. The quantitative estimate of drug-likeness (QED) is 0.499. The fraction of sp³-hybridized carbons (Fsp3) is 0.269. The molecule has 0 aromatic heterocycles. The number of benzene rings is 2. The Hall–Kier alpha value is -3.47. The topological polar surface area (TPSA) is 84.6 Å². The maximum Gasteiger partial charge on any atom is 0.337 e. The normalized spacial score (nSPS) is 15.7. The highest BCUT2D eigenvalue weighted by Gasteiger charge is 2.25. The molecule has 31 heavy (non-hydrogen) atoms. The molecule has 1 heterocycles. The number of carbonyl (C=O) groups is 1. The molecular formula is C26H30N2O3. The van der Waals surface area contributed by atoms with Gasteiger partial charge < -0.3 is 20.9 Å². The molecule has 1 unspecified atom stereocenters. The van der Waals surface area contributed by atoms with Gasteiger partial charge in [0.05, 0.1) is 17.3 Å². The van der Waals surface area contributed by atoms with Crippen LogP contribution in [-0.4, -0.2) is 11.1 Å². The first kappa shape index (κ1) is 22.2. The number of allylic oxidation sites excluding steroid dienone is 4. The van der Waals surface area contributed by atoms with Crippen LogP contribution in [0.2, 0.25) is 0 Å². The zero-order chi connectivity index (χ0) is 22.5. The van der Waals surface area contributed by atoms with Crippen LogP contribution >= 0.6 is 0 Å². The van der Waals surface area contributed by atoms with Crippen LogP contribution in [0.3, 0.4) is 0 Å². The lowest BCUT2D eigenvalue weighted by Gasteiger charge is -2.27. The summed E-state index contributed by atoms with van der Waals surface area (Å²) >= 11 is 0. The molecule has 0 fully saturated rings. The third-order valence-electron chi connectivity index (χ3n) is 5.32. The Morgan fingerprint density at radius 3 is 2.71 bits per heavy atom. The lowest BCUT2D eigenvalue weighted by atomic mass is 9.92. The minimum atomic E-state index is -0.964. The number of hydrogen-bond acceptors (Lipinski definition) is 4. The van der Waals surface area contributed by atoms with E-state index in [0.29, 0.717) is 17.1 Å². The van der Waals surface area contributed by atoms with Gasteiger partial charge in [-0.1, -0.05) is 43.7 Å². The fourth-order valence-electron chi connectivity index (χ4n) is 3.67. The zero-order valence-electron chi connectivity index (χ0n) is 18.5. The maximum absolute atomic E-state index is 11.6. The molecule has 0 amide bonds. The molecule has 2 aromatic rings. The Bertz CT molecular complexity index is 1080. The van der Waals surface area contributed by atoms with Gasteiger partial charge in [0.15, 0.2) is 5.76 Å². The van der Waals surface area contributed by atoms with Gasteiger partial charge >= 0.3 is 5.97 Å². The highest BCUT2D eigenvalue weighted by atomic mass is 16.5. The molecule has 0 saturated carbocycles. The standard InChI is InChI=1S/C26H30N2O3/c1-5-7-10-18-15-24(22(27)6-2)31-25-20(13-16(3)14-21(18)25)17(4)28-23-12-9-8-11-19(23)26(29)30/h6,8-15,17,28H,5,7,27H2,1-4H3,(H,29,30)/b18-10?,22-6-. The number of aryl methyl sites for hydroxylation is 1. The monoisotopic (exact) mass is 418 g/mol. The zero-order valence-corrected chi connectivity index (χ0v) is 18.5. The van der Waals surface area contributed by atoms with Crippen LogP contribution in [0.15, 0.2) is 66.1 Å². The number of unbranched alkanes of at least 4 members (excludes halogenated alkanes) is 1. The molecule has 1 aliphatic rings. The number of ether oxygens (including phenoxy) is 1. The van der Waals surface area contributed by atoms with E-state index in [1.165, 1.54) is 0 Å². The summed E-state index contributed by atoms with van der Waals surface area (Å²) in [5, 5.41) is 12.9. The van der Waals surface area contributed by atoms with Gasteiger partial charge in [-0.2, -0.15) is 0 Å². The van der Waals surface area contributed by atoms with E-state index in [4.69, 9.17) is 10.5 Å². The van der Waals surface area contributed by atoms with Crippen molar-refractivity contribution in [3.8, 4) is 5.75 Å². The van der Waals surface area contributed by atoms with Crippen molar-refractivity contribution in [1.29, 1.82) is 0 Å². The summed E-state index contributed by atoms with van der Waals surface area (Å²) < 4.78 is 6.29. The molecule has 0 aliphatic carbocycles. The molecule has 5 heteroatoms. The second-order valence-electron chi connectivity index (χ2n) is 7.75. The van der Waals surface area contributed by atoms with Crippen molar-refractivity contribution in [3.63, 3.8) is 0 Å². The SMILES string of the molecule is C/C=C(\N)C1=CC(=CCCC)c2cc(C)cc(C(C)Nc3ccccc3C(=O)O)c2O1. The van der Waals surface area contributed by atoms with Gasteiger partial charge in [-0.3, -0.25) is 0 Å². The Morgan fingerprint density at radius 2 is 2.03 bits per heavy atom. The summed E-state index contributed by atoms with van der Waals surface area (Å²) in [5.41, 5.74) is 11.7. The van der Waals surface area contributed by atoms with Gasteiger partial charge in [0.25, 0.3) is 0 Å². The highest BCUT2D eigenvalue weighted by molar-refractivity contribution is 5.94. The summed E-state index contributed by atoms with van der Waals surface area (Å²) in [7, 11) is 0. The van der Waals surface area contributed by atoms with Gasteiger partial charge in [0, 0.05) is 16.8 Å². The Kier molecular flexibility index (Phi) is 6.85. The summed E-state index contributed by atoms with van der Waals surface area (Å²) in [6, 6.07) is 10.9. The molecule has 0 saturated heterocycles. The summed E-state index contributed by atoms with van der Waals surface area (Å²) in [6.45, 7) is 8.09. The molecule has 3 rings (SSSR count). The third kappa shape index (κ3) is 4.82. The van der Waals surface area contributed by atoms with Gasteiger partial charge in [-0.15, -0.1) is 0 Å². The van der Waals surface area contributed by atoms with Crippen molar-refractivity contribution < 1.29 is 14.6 Å². The number of carboxylic acid groups (broad SMARTS) is 1. The first-order valence-corrected chi connectivity index (χ1v) is 10.6. The van der Waals surface area contributed by atoms with Gasteiger partial charge in [-0.05, 0) is 62.6 Å². The number of anilines is 1. The van der Waals surface area contributed by atoms with Crippen molar-refractivity contribution >= 4 is 17.2 Å². The molecule has 162 valence electrons. The summed E-state index contributed by atoms with van der Waals surface area (Å²) in [4.78, 5) is 11.6. The molecule has 1 atom stereocenters. The predicted octanol–water partition coefficient (Wildman–Crippen LogP) is 6.19. The lowest BCUT2D eigenvalue weighted by Crippen LogP contribution is -2.17. The number of rotatable bonds is 7. The Balaban J connectivity index is 2.08. The minimum absolute atomic E-state index is 0.187. The molecular weight excluding hydrogens is 388 g/mol. The van der Waals surface area contributed by atoms with Crippen molar-refractivity contribution in [3.05, 3.63) is 88.3 Å². The van der Waals surface area contributed by atoms with Crippen LogP contribution in [0.25, 0.3) is 5.57 Å². The fourth-order valence-corrected chi connectivity index (χ4v) is 3.67. The Morgan fingerprint density at radius 1 is 1.29 bits per heavy atom. The second-order valence-corrected chi connectivity index (χ2v) is 7.75. The van der Waals surface area contributed by atoms with Crippen LogP contribution in [0.4, 0.5) is 5.69 Å². The number of nitrogens with two attached hydrogens (primary N) is 1. The van der Waals surface area contributed by atoms with Gasteiger partial charge in [0.2, 0.25) is 0 Å². The first-order chi connectivity index (χ1) is 14.8. The molecule has 4 N–H and O–H groups in total. The van der Waals surface area contributed by atoms with Crippen LogP contribution in [0.5, 0.6) is 5.75 Å². The van der Waals surface area contributed by atoms with E-state index in [0.717, 1.165) is 40.9 Å². The number of nitrogens with one attached hydrogen (secondary N) is 1. The van der Waals surface area contributed by atoms with Crippen LogP contribution < -0.4 is 15.8 Å². The van der Waals surface area contributed by atoms with E-state index in [-0.39, 0.29) is 11.6 Å². The molecule has 0 bridgehead atoms. The molecule has 5 nitrogen and oxygen atoms in total. The number of fused-ring (bicyclic) bond motifs is 1. The van der Waals surface area contributed by atoms with E-state index in [9.17, 15) is 9.90 Å². The second kappa shape index (κ2) is 9.56. The van der Waals surface area contributed by atoms with E-state index < -0.39 is 5.97 Å². The third-order valence-corrected chi connectivity index (χ3v) is 5.32. The number of hydrogen-bond donors (Lipinski definition) is 3. The largest absolute Gasteiger partial charge is 0.478 e. The Labute approximate surface area is 183 Å². The van der Waals surface area contributed by atoms with Crippen LogP contribution in [-0.2, 0) is 0 Å². The van der Waals surface area contributed by atoms with E-state index in [2.05, 4.69) is 37.4 Å². The van der Waals surface area contributed by atoms with Gasteiger partial charge in [0.1, 0.15) is 5.75 Å². The van der Waals surface area contributed by atoms with E-state index >= 15 is 0 Å². The van der Waals surface area contributed by atoms with Crippen molar-refractivity contribution in [2.75, 3.05) is 5.32 Å². The number of para-hydroxylation sites is 1. The summed E-state index contributed by atoms with van der Waals surface area (Å²) in [6.07, 6.45) is 8.04. The van der Waals surface area contributed by atoms with E-state index in [1.807, 2.05) is 32.1 Å². The number of carboxylic acids is 1. The predicted molar refractivity (Wildman–Crippen MR) is 126 cm³/mol. The van der Waals surface area contributed by atoms with Crippen LogP contribution in [0, 0.1) is 6.92 Å². The van der Waals surface area contributed by atoms with Gasteiger partial charge in [-0.25, -0.2) is 4.79 Å². The van der Waals surface area contributed by atoms with Crippen LogP contribution in [0.1, 0.15) is 66.7 Å². The lowest BCUT2D eigenvalue weighted by molar-refractivity contribution is 0.0698. The molecule has 1 aliphatic heterocycles. The van der Waals surface area contributed by atoms with Crippen molar-refractivity contribution in [1.82, 2.24) is 0 Å². The highest BCUT2D eigenvalue weighted by Crippen LogP contribution is 2.42. The summed E-state index contributed by atoms with van der Waals surface area (Å²) in [5.74, 6) is 0.414. The average molecular weight is 419 g/mol. The van der Waals surface area contributed by atoms with E-state index in [1.54, 1.807) is 18.2 Å².